The van der Waals surface area contributed by atoms with Crippen LogP contribution in [0.25, 0.3) is 0 Å². The van der Waals surface area contributed by atoms with E-state index in [2.05, 4.69) is 15.9 Å². The van der Waals surface area contributed by atoms with Gasteiger partial charge in [-0.05, 0) is 18.6 Å². The summed E-state index contributed by atoms with van der Waals surface area (Å²) < 4.78 is 0.973. The first-order valence-electron chi connectivity index (χ1n) is 3.10. The number of hydrogen-bond acceptors (Lipinski definition) is 1. The lowest BCUT2D eigenvalue weighted by Crippen LogP contribution is -1.85. The molecule has 0 aromatic heterocycles. The molecule has 0 spiro atoms. The monoisotopic (exact) mass is 200 g/mol. The highest BCUT2D eigenvalue weighted by Crippen LogP contribution is 2.17. The van der Waals surface area contributed by atoms with Gasteiger partial charge in [0.15, 0.2) is 0 Å². The Balaban J connectivity index is 3.09. The maximum atomic E-state index is 8.81. The zero-order valence-corrected chi connectivity index (χ0v) is 7.35. The van der Waals surface area contributed by atoms with Crippen molar-refractivity contribution >= 4 is 15.9 Å². The number of aryl methyl sites for hydroxylation is 1. The Labute approximate surface area is 68.8 Å². The van der Waals surface area contributed by atoms with Crippen molar-refractivity contribution in [1.82, 2.24) is 0 Å². The maximum Gasteiger partial charge on any atom is 0.0692 e. The van der Waals surface area contributed by atoms with Crippen molar-refractivity contribution in [3.63, 3.8) is 0 Å². The summed E-state index contributed by atoms with van der Waals surface area (Å²) in [5.74, 6) is 0. The van der Waals surface area contributed by atoms with Crippen molar-refractivity contribution in [2.75, 3.05) is 0 Å². The minimum absolute atomic E-state index is 0.0995. The summed E-state index contributed by atoms with van der Waals surface area (Å²) in [4.78, 5) is 0. The van der Waals surface area contributed by atoms with Crippen LogP contribution >= 0.6 is 15.9 Å². The zero-order valence-electron chi connectivity index (χ0n) is 5.76. The van der Waals surface area contributed by atoms with Gasteiger partial charge in [-0.25, -0.2) is 0 Å². The topological polar surface area (TPSA) is 20.2 Å². The van der Waals surface area contributed by atoms with Crippen LogP contribution in [0.15, 0.2) is 22.7 Å². The Bertz CT molecular complexity index is 233. The molecule has 2 heteroatoms. The number of benzene rings is 1. The second-order valence-electron chi connectivity index (χ2n) is 2.25. The van der Waals surface area contributed by atoms with E-state index in [0.29, 0.717) is 0 Å². The van der Waals surface area contributed by atoms with Gasteiger partial charge in [0.05, 0.1) is 6.61 Å². The molecule has 0 bridgehead atoms. The summed E-state index contributed by atoms with van der Waals surface area (Å²) in [6.45, 7) is 2.11. The quantitative estimate of drug-likeness (QED) is 0.738. The summed E-state index contributed by atoms with van der Waals surface area (Å²) in [5, 5.41) is 8.81. The van der Waals surface area contributed by atoms with Crippen molar-refractivity contribution in [2.45, 2.75) is 13.5 Å². The van der Waals surface area contributed by atoms with Crippen molar-refractivity contribution in [3.05, 3.63) is 33.8 Å². The van der Waals surface area contributed by atoms with E-state index in [4.69, 9.17) is 5.11 Å². The fraction of sp³-hybridized carbons (Fsp3) is 0.250. The lowest BCUT2D eigenvalue weighted by Gasteiger charge is -2.00. The average molecular weight is 201 g/mol. The predicted molar refractivity (Wildman–Crippen MR) is 44.8 cm³/mol. The van der Waals surface area contributed by atoms with Crippen LogP contribution in [-0.4, -0.2) is 5.11 Å². The van der Waals surface area contributed by atoms with Crippen LogP contribution in [0.4, 0.5) is 0 Å². The molecule has 0 saturated carbocycles. The Morgan fingerprint density at radius 3 is 2.70 bits per heavy atom. The van der Waals surface area contributed by atoms with Gasteiger partial charge >= 0.3 is 0 Å². The third kappa shape index (κ3) is 1.58. The molecule has 1 rings (SSSR count). The van der Waals surface area contributed by atoms with Gasteiger partial charge in [0.2, 0.25) is 0 Å². The molecule has 0 aliphatic rings. The van der Waals surface area contributed by atoms with Crippen LogP contribution in [-0.2, 0) is 6.61 Å². The van der Waals surface area contributed by atoms with Crippen molar-refractivity contribution in [3.8, 4) is 0 Å². The Morgan fingerprint density at radius 1 is 1.50 bits per heavy atom. The molecule has 0 fully saturated rings. The molecule has 1 aromatic carbocycles. The van der Waals surface area contributed by atoms with Gasteiger partial charge in [-0.3, -0.25) is 0 Å². The van der Waals surface area contributed by atoms with Crippen molar-refractivity contribution < 1.29 is 5.11 Å². The van der Waals surface area contributed by atoms with Crippen LogP contribution in [0.1, 0.15) is 11.1 Å². The van der Waals surface area contributed by atoms with E-state index in [0.717, 1.165) is 10.0 Å². The molecule has 1 aromatic rings. The molecule has 54 valence electrons. The molecular formula is C8H9BrO. The third-order valence-electron chi connectivity index (χ3n) is 1.37. The summed E-state index contributed by atoms with van der Waals surface area (Å²) in [6.07, 6.45) is 0. The zero-order chi connectivity index (χ0) is 7.56. The van der Waals surface area contributed by atoms with E-state index in [1.807, 2.05) is 25.1 Å². The lowest BCUT2D eigenvalue weighted by atomic mass is 10.1. The van der Waals surface area contributed by atoms with Gasteiger partial charge in [-0.15, -0.1) is 0 Å². The largest absolute Gasteiger partial charge is 0.392 e. The molecule has 10 heavy (non-hydrogen) atoms. The van der Waals surface area contributed by atoms with E-state index >= 15 is 0 Å². The Hall–Kier alpha value is -0.340. The minimum Gasteiger partial charge on any atom is -0.392 e. The number of halogens is 1. The van der Waals surface area contributed by atoms with Gasteiger partial charge in [0.1, 0.15) is 0 Å². The summed E-state index contributed by atoms with van der Waals surface area (Å²) >= 11 is 3.33. The highest BCUT2D eigenvalue weighted by Gasteiger charge is 1.96. The molecule has 0 unspecified atom stereocenters. The summed E-state index contributed by atoms with van der Waals surface area (Å²) in [6, 6.07) is 5.91. The predicted octanol–water partition coefficient (Wildman–Crippen LogP) is 2.25. The number of rotatable bonds is 1. The van der Waals surface area contributed by atoms with Gasteiger partial charge in [0, 0.05) is 4.47 Å². The highest BCUT2D eigenvalue weighted by molar-refractivity contribution is 9.10. The van der Waals surface area contributed by atoms with Gasteiger partial charge < -0.3 is 5.11 Å². The normalized spacial score (nSPS) is 9.90. The molecule has 0 amide bonds. The Morgan fingerprint density at radius 2 is 2.20 bits per heavy atom. The molecule has 0 atom stereocenters. The summed E-state index contributed by atoms with van der Waals surface area (Å²) in [7, 11) is 0. The average Bonchev–Trinajstić information content (AvgIpc) is 1.94. The molecule has 0 heterocycles. The van der Waals surface area contributed by atoms with Crippen LogP contribution in [0.5, 0.6) is 0 Å². The molecule has 1 N–H and O–H groups in total. The fourth-order valence-electron chi connectivity index (χ4n) is 0.825. The van der Waals surface area contributed by atoms with E-state index in [-0.39, 0.29) is 6.61 Å². The number of hydrogen-bond donors (Lipinski definition) is 1. The Kier molecular flexibility index (Phi) is 2.46. The third-order valence-corrected chi connectivity index (χ3v) is 2.15. The molecule has 0 aliphatic carbocycles. The standard InChI is InChI=1S/C8H9BrO/c1-6-2-3-8(9)7(4-6)5-10/h2-4,10H,5H2,1H3. The summed E-state index contributed by atoms with van der Waals surface area (Å²) in [5.41, 5.74) is 2.12. The molecule has 0 saturated heterocycles. The fourth-order valence-corrected chi connectivity index (χ4v) is 1.20. The molecular weight excluding hydrogens is 192 g/mol. The minimum atomic E-state index is 0.0995. The first-order chi connectivity index (χ1) is 4.74. The van der Waals surface area contributed by atoms with Crippen molar-refractivity contribution in [2.24, 2.45) is 0 Å². The second-order valence-corrected chi connectivity index (χ2v) is 3.11. The van der Waals surface area contributed by atoms with E-state index in [9.17, 15) is 0 Å². The van der Waals surface area contributed by atoms with Crippen LogP contribution < -0.4 is 0 Å². The smallest absolute Gasteiger partial charge is 0.0692 e. The first kappa shape index (κ1) is 7.76. The van der Waals surface area contributed by atoms with Crippen LogP contribution in [0, 0.1) is 6.92 Å². The van der Waals surface area contributed by atoms with Gasteiger partial charge in [0.25, 0.3) is 0 Å². The van der Waals surface area contributed by atoms with Gasteiger partial charge in [-0.1, -0.05) is 33.6 Å². The van der Waals surface area contributed by atoms with Crippen LogP contribution in [0.2, 0.25) is 0 Å². The van der Waals surface area contributed by atoms with E-state index < -0.39 is 0 Å². The lowest BCUT2D eigenvalue weighted by molar-refractivity contribution is 0.281. The molecule has 0 aliphatic heterocycles. The van der Waals surface area contributed by atoms with E-state index in [1.165, 1.54) is 5.56 Å². The first-order valence-corrected chi connectivity index (χ1v) is 3.89. The SMILES string of the molecule is Cc1ccc(Br)c(CO)c1. The molecule has 0 radical (unpaired) electrons. The van der Waals surface area contributed by atoms with Gasteiger partial charge in [-0.2, -0.15) is 0 Å². The second kappa shape index (κ2) is 3.17. The molecule has 1 nitrogen and oxygen atoms in total. The van der Waals surface area contributed by atoms with E-state index in [1.54, 1.807) is 0 Å². The maximum absolute atomic E-state index is 8.81. The number of aliphatic hydroxyl groups excluding tert-OH is 1. The van der Waals surface area contributed by atoms with Crippen LogP contribution in [0.3, 0.4) is 0 Å². The number of aliphatic hydroxyl groups is 1. The highest BCUT2D eigenvalue weighted by atomic mass is 79.9. The van der Waals surface area contributed by atoms with Crippen molar-refractivity contribution in [1.29, 1.82) is 0 Å².